The molecule has 0 radical (unpaired) electrons. The molecule has 1 fully saturated rings. The van der Waals surface area contributed by atoms with Gasteiger partial charge in [0.2, 0.25) is 5.91 Å². The number of carbonyl (C=O) groups is 2. The summed E-state index contributed by atoms with van der Waals surface area (Å²) in [6, 6.07) is 0. The van der Waals surface area contributed by atoms with Gasteiger partial charge in [-0.05, 0) is 25.8 Å². The van der Waals surface area contributed by atoms with Gasteiger partial charge in [0.05, 0.1) is 5.94 Å². The highest BCUT2D eigenvalue weighted by atomic mass is 16.5. The first-order valence-corrected chi connectivity index (χ1v) is 5.29. The maximum atomic E-state index is 11.0. The Labute approximate surface area is 95.0 Å². The summed E-state index contributed by atoms with van der Waals surface area (Å²) in [6.07, 6.45) is 2.45. The molecule has 5 nitrogen and oxygen atoms in total. The number of ketones is 1. The molecule has 2 N–H and O–H groups in total. The summed E-state index contributed by atoms with van der Waals surface area (Å²) in [5, 5.41) is 12.2. The van der Waals surface area contributed by atoms with Crippen molar-refractivity contribution in [1.29, 1.82) is 0 Å². The molecule has 0 bridgehead atoms. The van der Waals surface area contributed by atoms with Gasteiger partial charge in [-0.2, -0.15) is 0 Å². The summed E-state index contributed by atoms with van der Waals surface area (Å²) in [6.45, 7) is 4.81. The third kappa shape index (κ3) is 3.79. The third-order valence-electron chi connectivity index (χ3n) is 2.50. The number of rotatable bonds is 4. The summed E-state index contributed by atoms with van der Waals surface area (Å²) in [5.74, 6) is -0.725. The number of Topliss-reactive ketones (excluding diaryl/α,β-unsaturated/α-hetero) is 1. The van der Waals surface area contributed by atoms with Crippen LogP contribution in [0.2, 0.25) is 0 Å². The number of amides is 1. The fourth-order valence-electron chi connectivity index (χ4n) is 1.72. The van der Waals surface area contributed by atoms with E-state index in [4.69, 9.17) is 4.65 Å². The largest absolute Gasteiger partial charge is 0.478 e. The van der Waals surface area contributed by atoms with Crippen molar-refractivity contribution in [2.24, 2.45) is 0 Å². The summed E-state index contributed by atoms with van der Waals surface area (Å²) >= 11 is 0. The van der Waals surface area contributed by atoms with Gasteiger partial charge in [0.1, 0.15) is 5.78 Å². The van der Waals surface area contributed by atoms with E-state index < -0.39 is 13.1 Å². The zero-order chi connectivity index (χ0) is 12.1. The topological polar surface area (TPSA) is 75.6 Å². The van der Waals surface area contributed by atoms with Gasteiger partial charge in [-0.25, -0.2) is 0 Å². The maximum Gasteiger partial charge on any atom is 0.478 e. The van der Waals surface area contributed by atoms with Crippen molar-refractivity contribution in [3.05, 3.63) is 12.7 Å². The van der Waals surface area contributed by atoms with Crippen LogP contribution in [0.3, 0.4) is 0 Å². The average molecular weight is 225 g/mol. The van der Waals surface area contributed by atoms with E-state index in [1.165, 1.54) is 6.92 Å². The first kappa shape index (κ1) is 12.9. The lowest BCUT2D eigenvalue weighted by Crippen LogP contribution is -2.52. The Morgan fingerprint density at radius 1 is 1.62 bits per heavy atom. The Hall–Kier alpha value is -1.14. The SMILES string of the molecule is C=CC(=O)N[C@H]1CC[C@@H](CC(C)=O)OB1O. The molecule has 1 aliphatic heterocycles. The van der Waals surface area contributed by atoms with Gasteiger partial charge in [-0.1, -0.05) is 6.58 Å². The van der Waals surface area contributed by atoms with Gasteiger partial charge in [0.15, 0.2) is 0 Å². The van der Waals surface area contributed by atoms with Gasteiger partial charge in [0.25, 0.3) is 0 Å². The van der Waals surface area contributed by atoms with Crippen molar-refractivity contribution in [2.45, 2.75) is 38.2 Å². The molecule has 2 atom stereocenters. The average Bonchev–Trinajstić information content (AvgIpc) is 2.21. The Balaban J connectivity index is 2.42. The molecular formula is C10H16BNO4. The summed E-state index contributed by atoms with van der Waals surface area (Å²) in [4.78, 5) is 21.9. The van der Waals surface area contributed by atoms with Crippen molar-refractivity contribution >= 4 is 18.8 Å². The normalized spacial score (nSPS) is 25.0. The number of hydrogen-bond donors (Lipinski definition) is 2. The van der Waals surface area contributed by atoms with Gasteiger partial charge in [-0.3, -0.25) is 9.59 Å². The Morgan fingerprint density at radius 2 is 2.31 bits per heavy atom. The lowest BCUT2D eigenvalue weighted by atomic mass is 9.72. The van der Waals surface area contributed by atoms with Crippen LogP contribution in [0.25, 0.3) is 0 Å². The van der Waals surface area contributed by atoms with Crippen molar-refractivity contribution < 1.29 is 19.3 Å². The minimum atomic E-state index is -1.05. The van der Waals surface area contributed by atoms with Gasteiger partial charge < -0.3 is 15.0 Å². The van der Waals surface area contributed by atoms with Gasteiger partial charge in [0, 0.05) is 12.5 Å². The molecule has 1 heterocycles. The molecule has 6 heteroatoms. The van der Waals surface area contributed by atoms with Crippen LogP contribution in [0.5, 0.6) is 0 Å². The number of nitrogens with one attached hydrogen (secondary N) is 1. The van der Waals surface area contributed by atoms with Crippen molar-refractivity contribution in [3.63, 3.8) is 0 Å². The van der Waals surface area contributed by atoms with Crippen LogP contribution in [0.15, 0.2) is 12.7 Å². The lowest BCUT2D eigenvalue weighted by Gasteiger charge is -2.30. The second kappa shape index (κ2) is 5.82. The van der Waals surface area contributed by atoms with Crippen LogP contribution in [0.1, 0.15) is 26.2 Å². The van der Waals surface area contributed by atoms with Crippen molar-refractivity contribution in [1.82, 2.24) is 5.32 Å². The highest BCUT2D eigenvalue weighted by Gasteiger charge is 2.35. The predicted molar refractivity (Wildman–Crippen MR) is 59.5 cm³/mol. The van der Waals surface area contributed by atoms with E-state index in [-0.39, 0.29) is 17.8 Å². The van der Waals surface area contributed by atoms with Crippen molar-refractivity contribution in [2.75, 3.05) is 0 Å². The molecule has 0 aromatic heterocycles. The van der Waals surface area contributed by atoms with Crippen LogP contribution in [-0.4, -0.2) is 35.9 Å². The molecule has 88 valence electrons. The first-order chi connectivity index (χ1) is 7.52. The molecule has 0 aliphatic carbocycles. The minimum absolute atomic E-state index is 0.0331. The molecule has 0 saturated carbocycles. The zero-order valence-corrected chi connectivity index (χ0v) is 9.31. The monoisotopic (exact) mass is 225 g/mol. The summed E-state index contributed by atoms with van der Waals surface area (Å²) in [7, 11) is -1.05. The van der Waals surface area contributed by atoms with E-state index in [0.29, 0.717) is 19.3 Å². The minimum Gasteiger partial charge on any atom is -0.426 e. The standard InChI is InChI=1S/C10H16BNO4/c1-3-10(14)12-9-5-4-8(6-7(2)13)16-11(9)15/h3,8-9,15H,1,4-6H2,2H3,(H,12,14)/t8-,9-/m0/s1. The Kier molecular flexibility index (Phi) is 4.70. The molecule has 16 heavy (non-hydrogen) atoms. The zero-order valence-electron chi connectivity index (χ0n) is 9.31. The van der Waals surface area contributed by atoms with Crippen LogP contribution < -0.4 is 5.32 Å². The first-order valence-electron chi connectivity index (χ1n) is 5.29. The summed E-state index contributed by atoms with van der Waals surface area (Å²) in [5.41, 5.74) is 0. The lowest BCUT2D eigenvalue weighted by molar-refractivity contribution is -0.120. The molecule has 1 saturated heterocycles. The van der Waals surface area contributed by atoms with E-state index in [9.17, 15) is 14.6 Å². The van der Waals surface area contributed by atoms with Crippen LogP contribution in [-0.2, 0) is 14.2 Å². The van der Waals surface area contributed by atoms with Crippen LogP contribution in [0, 0.1) is 0 Å². The molecule has 0 aromatic rings. The third-order valence-corrected chi connectivity index (χ3v) is 2.50. The maximum absolute atomic E-state index is 11.0. The van der Waals surface area contributed by atoms with Crippen LogP contribution >= 0.6 is 0 Å². The molecule has 0 spiro atoms. The van der Waals surface area contributed by atoms with E-state index in [2.05, 4.69) is 11.9 Å². The van der Waals surface area contributed by atoms with E-state index in [1.807, 2.05) is 0 Å². The van der Waals surface area contributed by atoms with Gasteiger partial charge >= 0.3 is 7.12 Å². The molecule has 1 rings (SSSR count). The molecule has 0 aromatic carbocycles. The van der Waals surface area contributed by atoms with Crippen LogP contribution in [0.4, 0.5) is 0 Å². The second-order valence-corrected chi connectivity index (χ2v) is 3.95. The fraction of sp³-hybridized carbons (Fsp3) is 0.600. The van der Waals surface area contributed by atoms with E-state index in [1.54, 1.807) is 0 Å². The summed E-state index contributed by atoms with van der Waals surface area (Å²) < 4.78 is 5.24. The van der Waals surface area contributed by atoms with Gasteiger partial charge in [-0.15, -0.1) is 0 Å². The number of hydrogen-bond acceptors (Lipinski definition) is 4. The number of carbonyl (C=O) groups excluding carboxylic acids is 2. The van der Waals surface area contributed by atoms with E-state index in [0.717, 1.165) is 6.08 Å². The Bertz CT molecular complexity index is 295. The predicted octanol–water partition coefficient (Wildman–Crippen LogP) is -0.165. The molecule has 1 amide bonds. The van der Waals surface area contributed by atoms with Crippen molar-refractivity contribution in [3.8, 4) is 0 Å². The quantitative estimate of drug-likeness (QED) is 0.514. The second-order valence-electron chi connectivity index (χ2n) is 3.95. The Morgan fingerprint density at radius 3 is 2.81 bits per heavy atom. The van der Waals surface area contributed by atoms with E-state index >= 15 is 0 Å². The molecule has 0 unspecified atom stereocenters. The molecule has 1 aliphatic rings. The smallest absolute Gasteiger partial charge is 0.426 e. The highest BCUT2D eigenvalue weighted by molar-refractivity contribution is 6.45. The fourth-order valence-corrected chi connectivity index (χ4v) is 1.72. The molecular weight excluding hydrogens is 209 g/mol. The highest BCUT2D eigenvalue weighted by Crippen LogP contribution is 2.18.